The molecule has 3 fully saturated rings. The Kier molecular flexibility index (Phi) is 6.98. The molecule has 3 aliphatic rings. The monoisotopic (exact) mass is 504 g/mol. The first-order chi connectivity index (χ1) is 17.2. The van der Waals surface area contributed by atoms with E-state index in [-0.39, 0.29) is 25.1 Å². The van der Waals surface area contributed by atoms with Gasteiger partial charge in [0, 0.05) is 31.7 Å². The quantitative estimate of drug-likeness (QED) is 0.605. The van der Waals surface area contributed by atoms with Crippen molar-refractivity contribution in [2.45, 2.75) is 43.8 Å². The third-order valence-electron chi connectivity index (χ3n) is 7.19. The van der Waals surface area contributed by atoms with E-state index in [1.54, 1.807) is 11.0 Å². The summed E-state index contributed by atoms with van der Waals surface area (Å²) >= 11 is 0. The highest BCUT2D eigenvalue weighted by Crippen LogP contribution is 2.39. The average molecular weight is 505 g/mol. The van der Waals surface area contributed by atoms with E-state index in [0.717, 1.165) is 16.9 Å². The van der Waals surface area contributed by atoms with Crippen LogP contribution in [0.4, 0.5) is 13.2 Å². The molecule has 5 rings (SSSR count). The Hall–Kier alpha value is -2.62. The van der Waals surface area contributed by atoms with Gasteiger partial charge in [-0.05, 0) is 49.1 Å². The largest absolute Gasteiger partial charge is 0.485 e. The molecular formula is C27H31F3N2O4. The second-order valence-electron chi connectivity index (χ2n) is 10.0. The van der Waals surface area contributed by atoms with Crippen molar-refractivity contribution >= 4 is 5.91 Å². The van der Waals surface area contributed by atoms with Gasteiger partial charge in [0.05, 0.1) is 31.5 Å². The van der Waals surface area contributed by atoms with Gasteiger partial charge in [-0.15, -0.1) is 0 Å². The zero-order valence-electron chi connectivity index (χ0n) is 20.3. The van der Waals surface area contributed by atoms with E-state index < -0.39 is 24.4 Å². The van der Waals surface area contributed by atoms with E-state index in [2.05, 4.69) is 0 Å². The summed E-state index contributed by atoms with van der Waals surface area (Å²) in [6, 6.07) is 14.8. The van der Waals surface area contributed by atoms with Crippen molar-refractivity contribution in [1.29, 1.82) is 0 Å². The van der Waals surface area contributed by atoms with Gasteiger partial charge in [0.2, 0.25) is 0 Å². The maximum atomic E-state index is 13.3. The minimum atomic E-state index is -4.28. The number of piperidine rings is 1. The Morgan fingerprint density at radius 1 is 1.11 bits per heavy atom. The van der Waals surface area contributed by atoms with Gasteiger partial charge >= 0.3 is 6.18 Å². The van der Waals surface area contributed by atoms with Crippen LogP contribution < -0.4 is 4.74 Å². The van der Waals surface area contributed by atoms with Gasteiger partial charge in [-0.3, -0.25) is 9.69 Å². The number of carbonyl (C=O) groups is 1. The van der Waals surface area contributed by atoms with Crippen LogP contribution in [0.3, 0.4) is 0 Å². The van der Waals surface area contributed by atoms with Crippen LogP contribution in [0.15, 0.2) is 48.5 Å². The van der Waals surface area contributed by atoms with Gasteiger partial charge in [-0.2, -0.15) is 13.2 Å². The standard InChI is InChI=1S/C27H31F3N2O4/c1-19-13-21(7-8-23(19)35-22-15-34-16-22)25(33)32-11-9-26(10-12-32)17-31(18-27(28,29)30)14-24(36-26)20-5-3-2-4-6-20/h2-8,13,22,24H,9-12,14-18H2,1H3. The molecule has 0 radical (unpaired) electrons. The summed E-state index contributed by atoms with van der Waals surface area (Å²) in [6.07, 6.45) is -3.71. The number of benzene rings is 2. The van der Waals surface area contributed by atoms with Gasteiger partial charge in [-0.1, -0.05) is 30.3 Å². The average Bonchev–Trinajstić information content (AvgIpc) is 2.81. The fraction of sp³-hybridized carbons (Fsp3) is 0.519. The summed E-state index contributed by atoms with van der Waals surface area (Å²) < 4.78 is 57.4. The third kappa shape index (κ3) is 5.68. The van der Waals surface area contributed by atoms with Gasteiger partial charge < -0.3 is 19.1 Å². The highest BCUT2D eigenvalue weighted by atomic mass is 19.4. The SMILES string of the molecule is Cc1cc(C(=O)N2CCC3(CC2)CN(CC(F)(F)F)CC(c2ccccc2)O3)ccc1OC1COC1. The topological polar surface area (TPSA) is 51.2 Å². The summed E-state index contributed by atoms with van der Waals surface area (Å²) in [6.45, 7) is 3.33. The molecule has 1 amide bonds. The lowest BCUT2D eigenvalue weighted by atomic mass is 9.87. The van der Waals surface area contributed by atoms with Crippen molar-refractivity contribution in [1.82, 2.24) is 9.80 Å². The number of likely N-dealkylation sites (tertiary alicyclic amines) is 1. The minimum absolute atomic E-state index is 0.0515. The summed E-state index contributed by atoms with van der Waals surface area (Å²) in [4.78, 5) is 16.4. The lowest BCUT2D eigenvalue weighted by Crippen LogP contribution is -2.59. The molecule has 2 aromatic carbocycles. The van der Waals surface area contributed by atoms with Crippen LogP contribution in [0.2, 0.25) is 0 Å². The normalized spacial score (nSPS) is 22.9. The first kappa shape index (κ1) is 25.0. The zero-order chi connectivity index (χ0) is 25.3. The first-order valence-corrected chi connectivity index (χ1v) is 12.4. The van der Waals surface area contributed by atoms with Crippen molar-refractivity contribution in [3.05, 3.63) is 65.2 Å². The molecule has 0 aromatic heterocycles. The van der Waals surface area contributed by atoms with Crippen molar-refractivity contribution in [2.24, 2.45) is 0 Å². The number of nitrogens with zero attached hydrogens (tertiary/aromatic N) is 2. The van der Waals surface area contributed by atoms with Crippen molar-refractivity contribution in [3.63, 3.8) is 0 Å². The van der Waals surface area contributed by atoms with E-state index in [0.29, 0.717) is 44.7 Å². The molecule has 0 N–H and O–H groups in total. The van der Waals surface area contributed by atoms with Crippen LogP contribution in [0.5, 0.6) is 5.75 Å². The number of hydrogen-bond acceptors (Lipinski definition) is 5. The first-order valence-electron chi connectivity index (χ1n) is 12.4. The minimum Gasteiger partial charge on any atom is -0.485 e. The van der Waals surface area contributed by atoms with Crippen LogP contribution in [-0.4, -0.2) is 79.5 Å². The number of carbonyl (C=O) groups excluding carboxylic acids is 1. The van der Waals surface area contributed by atoms with Crippen LogP contribution in [0, 0.1) is 6.92 Å². The Balaban J connectivity index is 1.26. The fourth-order valence-electron chi connectivity index (χ4n) is 5.25. The number of aryl methyl sites for hydroxylation is 1. The summed E-state index contributed by atoms with van der Waals surface area (Å²) in [5.74, 6) is 0.652. The third-order valence-corrected chi connectivity index (χ3v) is 7.19. The van der Waals surface area contributed by atoms with Crippen molar-refractivity contribution < 1.29 is 32.2 Å². The number of halogens is 3. The summed E-state index contributed by atoms with van der Waals surface area (Å²) in [7, 11) is 0. The molecule has 3 heterocycles. The zero-order valence-corrected chi connectivity index (χ0v) is 20.3. The highest BCUT2D eigenvalue weighted by Gasteiger charge is 2.46. The lowest BCUT2D eigenvalue weighted by Gasteiger charge is -2.50. The molecule has 2 aromatic rings. The van der Waals surface area contributed by atoms with Crippen molar-refractivity contribution in [3.8, 4) is 5.75 Å². The van der Waals surface area contributed by atoms with Crippen LogP contribution in [-0.2, 0) is 9.47 Å². The number of rotatable bonds is 5. The molecule has 1 atom stereocenters. The summed E-state index contributed by atoms with van der Waals surface area (Å²) in [5, 5.41) is 0. The molecule has 0 aliphatic carbocycles. The second-order valence-corrected chi connectivity index (χ2v) is 10.0. The molecule has 0 saturated carbocycles. The molecule has 1 unspecified atom stereocenters. The van der Waals surface area contributed by atoms with Crippen LogP contribution in [0.25, 0.3) is 0 Å². The number of alkyl halides is 3. The molecule has 9 heteroatoms. The van der Waals surface area contributed by atoms with Gasteiger partial charge in [0.15, 0.2) is 0 Å². The van der Waals surface area contributed by atoms with Crippen molar-refractivity contribution in [2.75, 3.05) is 45.9 Å². The van der Waals surface area contributed by atoms with E-state index in [1.165, 1.54) is 4.90 Å². The highest BCUT2D eigenvalue weighted by molar-refractivity contribution is 5.94. The predicted octanol–water partition coefficient (Wildman–Crippen LogP) is 4.38. The Morgan fingerprint density at radius 3 is 2.44 bits per heavy atom. The van der Waals surface area contributed by atoms with E-state index >= 15 is 0 Å². The van der Waals surface area contributed by atoms with Crippen LogP contribution in [0.1, 0.15) is 40.4 Å². The Labute approximate surface area is 208 Å². The molecule has 0 bridgehead atoms. The molecule has 1 spiro atoms. The Bertz CT molecular complexity index is 1070. The van der Waals surface area contributed by atoms with Gasteiger partial charge in [-0.25, -0.2) is 0 Å². The smallest absolute Gasteiger partial charge is 0.401 e. The van der Waals surface area contributed by atoms with E-state index in [9.17, 15) is 18.0 Å². The number of ether oxygens (including phenoxy) is 3. The van der Waals surface area contributed by atoms with E-state index in [1.807, 2.05) is 49.4 Å². The molecule has 6 nitrogen and oxygen atoms in total. The number of morpholine rings is 1. The molecule has 194 valence electrons. The maximum Gasteiger partial charge on any atom is 0.401 e. The molecule has 3 aliphatic heterocycles. The molecule has 3 saturated heterocycles. The maximum absolute atomic E-state index is 13.3. The van der Waals surface area contributed by atoms with Gasteiger partial charge in [0.25, 0.3) is 5.91 Å². The number of amides is 1. The number of hydrogen-bond donors (Lipinski definition) is 0. The molecule has 36 heavy (non-hydrogen) atoms. The van der Waals surface area contributed by atoms with Crippen LogP contribution >= 0.6 is 0 Å². The lowest BCUT2D eigenvalue weighted by molar-refractivity contribution is -0.205. The predicted molar refractivity (Wildman–Crippen MR) is 127 cm³/mol. The Morgan fingerprint density at radius 2 is 1.83 bits per heavy atom. The van der Waals surface area contributed by atoms with E-state index in [4.69, 9.17) is 14.2 Å². The fourth-order valence-corrected chi connectivity index (χ4v) is 5.25. The summed E-state index contributed by atoms with van der Waals surface area (Å²) in [5.41, 5.74) is 1.60. The molecular weight excluding hydrogens is 473 g/mol. The van der Waals surface area contributed by atoms with Gasteiger partial charge in [0.1, 0.15) is 11.9 Å². The second kappa shape index (κ2) is 10.0.